The second kappa shape index (κ2) is 9.95. The summed E-state index contributed by atoms with van der Waals surface area (Å²) < 4.78 is 23.2. The Morgan fingerprint density at radius 1 is 1.33 bits per heavy atom. The van der Waals surface area contributed by atoms with Gasteiger partial charge >= 0.3 is 0 Å². The van der Waals surface area contributed by atoms with Crippen LogP contribution < -0.4 is 15.5 Å². The molecule has 27 heavy (non-hydrogen) atoms. The molecule has 0 saturated carbocycles. The Morgan fingerprint density at radius 2 is 2.07 bits per heavy atom. The Morgan fingerprint density at radius 3 is 2.70 bits per heavy atom. The molecule has 2 aliphatic heterocycles. The minimum Gasteiger partial charge on any atom is -0.372 e. The van der Waals surface area contributed by atoms with Crippen molar-refractivity contribution < 1.29 is 8.42 Å². The first-order valence-corrected chi connectivity index (χ1v) is 11.3. The Bertz CT molecular complexity index is 748. The average Bonchev–Trinajstić information content (AvgIpc) is 3.28. The lowest BCUT2D eigenvalue weighted by Crippen LogP contribution is -2.41. The van der Waals surface area contributed by atoms with E-state index in [0.717, 1.165) is 19.5 Å². The zero-order chi connectivity index (χ0) is 18.6. The van der Waals surface area contributed by atoms with Gasteiger partial charge in [-0.25, -0.2) is 8.42 Å². The summed E-state index contributed by atoms with van der Waals surface area (Å²) in [5.41, 5.74) is 2.51. The summed E-state index contributed by atoms with van der Waals surface area (Å²) in [4.78, 5) is 6.72. The summed E-state index contributed by atoms with van der Waals surface area (Å²) in [7, 11) is -1.09. The molecule has 0 amide bonds. The molecule has 1 aromatic carbocycles. The normalized spacial score (nSPS) is 23.0. The molecule has 2 heterocycles. The van der Waals surface area contributed by atoms with E-state index >= 15 is 0 Å². The summed E-state index contributed by atoms with van der Waals surface area (Å²) in [5.74, 6) is 1.48. The smallest absolute Gasteiger partial charge is 0.191 e. The number of guanidine groups is 1. The minimum absolute atomic E-state index is 0. The molecule has 3 rings (SSSR count). The second-order valence-electron chi connectivity index (χ2n) is 7.38. The van der Waals surface area contributed by atoms with Gasteiger partial charge in [0, 0.05) is 32.4 Å². The average molecular weight is 506 g/mol. The first-order valence-electron chi connectivity index (χ1n) is 9.49. The van der Waals surface area contributed by atoms with E-state index in [0.29, 0.717) is 18.3 Å². The number of nitrogens with one attached hydrogen (secondary N) is 2. The number of nitrogens with zero attached hydrogens (tertiary/aromatic N) is 2. The molecule has 2 N–H and O–H groups in total. The first-order chi connectivity index (χ1) is 12.5. The number of aliphatic imine (C=N–C) groups is 1. The van der Waals surface area contributed by atoms with Gasteiger partial charge < -0.3 is 15.5 Å². The van der Waals surface area contributed by atoms with Gasteiger partial charge in [0.05, 0.1) is 17.5 Å². The third kappa shape index (κ3) is 6.23. The Labute approximate surface area is 180 Å². The van der Waals surface area contributed by atoms with Crippen molar-refractivity contribution in [1.29, 1.82) is 0 Å². The van der Waals surface area contributed by atoms with E-state index in [4.69, 9.17) is 0 Å². The molecule has 0 aliphatic carbocycles. The molecule has 2 unspecified atom stereocenters. The number of halogens is 1. The maximum absolute atomic E-state index is 11.6. The molecule has 152 valence electrons. The molecule has 0 aromatic heterocycles. The van der Waals surface area contributed by atoms with Crippen LogP contribution >= 0.6 is 24.0 Å². The fraction of sp³-hybridized carbons (Fsp3) is 0.632. The highest BCUT2D eigenvalue weighted by atomic mass is 127. The number of benzene rings is 1. The van der Waals surface area contributed by atoms with Crippen molar-refractivity contribution in [3.8, 4) is 0 Å². The van der Waals surface area contributed by atoms with E-state index < -0.39 is 9.84 Å². The van der Waals surface area contributed by atoms with E-state index in [2.05, 4.69) is 51.7 Å². The van der Waals surface area contributed by atoms with Crippen LogP contribution in [0.4, 0.5) is 5.69 Å². The van der Waals surface area contributed by atoms with E-state index in [1.807, 2.05) is 0 Å². The van der Waals surface area contributed by atoms with Crippen LogP contribution in [0.15, 0.2) is 29.3 Å². The number of sulfone groups is 1. The number of hydrogen-bond donors (Lipinski definition) is 2. The van der Waals surface area contributed by atoms with Gasteiger partial charge in [-0.15, -0.1) is 24.0 Å². The zero-order valence-corrected chi connectivity index (χ0v) is 19.3. The monoisotopic (exact) mass is 506 g/mol. The fourth-order valence-corrected chi connectivity index (χ4v) is 5.59. The van der Waals surface area contributed by atoms with Crippen LogP contribution in [0.3, 0.4) is 0 Å². The van der Waals surface area contributed by atoms with E-state index in [-0.39, 0.29) is 41.7 Å². The molecule has 2 atom stereocenters. The van der Waals surface area contributed by atoms with Crippen LogP contribution in [0.1, 0.15) is 37.8 Å². The molecular weight excluding hydrogens is 475 g/mol. The van der Waals surface area contributed by atoms with Gasteiger partial charge in [0.15, 0.2) is 15.8 Å². The van der Waals surface area contributed by atoms with Gasteiger partial charge in [0.25, 0.3) is 0 Å². The molecule has 0 radical (unpaired) electrons. The molecule has 0 bridgehead atoms. The SMILES string of the molecule is CN=C(NCC1CCS(=O)(=O)C1)NC(C)c1cccc(N2CCCC2)c1.I. The van der Waals surface area contributed by atoms with Gasteiger partial charge in [-0.2, -0.15) is 0 Å². The number of rotatable bonds is 5. The Kier molecular flexibility index (Phi) is 8.20. The Hall–Kier alpha value is -1.03. The Balaban J connectivity index is 0.00000261. The lowest BCUT2D eigenvalue weighted by atomic mass is 10.1. The third-order valence-corrected chi connectivity index (χ3v) is 7.14. The van der Waals surface area contributed by atoms with Crippen molar-refractivity contribution in [2.24, 2.45) is 10.9 Å². The van der Waals surface area contributed by atoms with Crippen LogP contribution in [-0.2, 0) is 9.84 Å². The fourth-order valence-electron chi connectivity index (χ4n) is 3.72. The summed E-state index contributed by atoms with van der Waals surface area (Å²) in [5, 5.41) is 6.70. The highest BCUT2D eigenvalue weighted by molar-refractivity contribution is 14.0. The topological polar surface area (TPSA) is 73.8 Å². The van der Waals surface area contributed by atoms with Crippen molar-refractivity contribution in [1.82, 2.24) is 10.6 Å². The first kappa shape index (κ1) is 22.3. The number of hydrogen-bond acceptors (Lipinski definition) is 4. The van der Waals surface area contributed by atoms with Crippen molar-refractivity contribution in [3.63, 3.8) is 0 Å². The van der Waals surface area contributed by atoms with Crippen LogP contribution in [-0.4, -0.2) is 52.6 Å². The van der Waals surface area contributed by atoms with E-state index in [1.165, 1.54) is 24.1 Å². The van der Waals surface area contributed by atoms with Gasteiger partial charge in [-0.3, -0.25) is 4.99 Å². The van der Waals surface area contributed by atoms with Gasteiger partial charge in [0.1, 0.15) is 0 Å². The third-order valence-electron chi connectivity index (χ3n) is 5.30. The highest BCUT2D eigenvalue weighted by Crippen LogP contribution is 2.24. The molecule has 6 nitrogen and oxygen atoms in total. The molecular formula is C19H31IN4O2S. The summed E-state index contributed by atoms with van der Waals surface area (Å²) >= 11 is 0. The standard InChI is InChI=1S/C19H30N4O2S.HI/c1-15(17-6-5-7-18(12-17)23-9-3-4-10-23)22-19(20-2)21-13-16-8-11-26(24,25)14-16;/h5-7,12,15-16H,3-4,8-11,13-14H2,1-2H3,(H2,20,21,22);1H. The van der Waals surface area contributed by atoms with Crippen LogP contribution in [0.2, 0.25) is 0 Å². The van der Waals surface area contributed by atoms with Crippen molar-refractivity contribution in [2.75, 3.05) is 43.1 Å². The highest BCUT2D eigenvalue weighted by Gasteiger charge is 2.27. The van der Waals surface area contributed by atoms with Crippen LogP contribution in [0.25, 0.3) is 0 Å². The molecule has 0 spiro atoms. The largest absolute Gasteiger partial charge is 0.372 e. The molecule has 8 heteroatoms. The van der Waals surface area contributed by atoms with E-state index in [1.54, 1.807) is 7.05 Å². The maximum atomic E-state index is 11.6. The van der Waals surface area contributed by atoms with Gasteiger partial charge in [-0.1, -0.05) is 12.1 Å². The predicted molar refractivity (Wildman–Crippen MR) is 123 cm³/mol. The molecule has 2 aliphatic rings. The molecule has 1 aromatic rings. The zero-order valence-electron chi connectivity index (χ0n) is 16.1. The maximum Gasteiger partial charge on any atom is 0.191 e. The summed E-state index contributed by atoms with van der Waals surface area (Å²) in [6, 6.07) is 8.79. The lowest BCUT2D eigenvalue weighted by molar-refractivity contribution is 0.562. The van der Waals surface area contributed by atoms with Gasteiger partial charge in [-0.05, 0) is 49.8 Å². The lowest BCUT2D eigenvalue weighted by Gasteiger charge is -2.22. The quantitative estimate of drug-likeness (QED) is 0.365. The van der Waals surface area contributed by atoms with Crippen molar-refractivity contribution in [2.45, 2.75) is 32.2 Å². The predicted octanol–water partition coefficient (Wildman–Crippen LogP) is 2.57. The summed E-state index contributed by atoms with van der Waals surface area (Å²) in [6.45, 7) is 5.03. The van der Waals surface area contributed by atoms with Crippen molar-refractivity contribution in [3.05, 3.63) is 29.8 Å². The minimum atomic E-state index is -2.83. The van der Waals surface area contributed by atoms with Gasteiger partial charge in [0.2, 0.25) is 0 Å². The van der Waals surface area contributed by atoms with Crippen LogP contribution in [0.5, 0.6) is 0 Å². The second-order valence-corrected chi connectivity index (χ2v) is 9.61. The van der Waals surface area contributed by atoms with E-state index in [9.17, 15) is 8.42 Å². The molecule has 2 fully saturated rings. The molecule has 2 saturated heterocycles. The summed E-state index contributed by atoms with van der Waals surface area (Å²) in [6.07, 6.45) is 3.27. The van der Waals surface area contributed by atoms with Crippen molar-refractivity contribution >= 4 is 45.5 Å². The number of anilines is 1. The van der Waals surface area contributed by atoms with Crippen LogP contribution in [0, 0.1) is 5.92 Å².